The van der Waals surface area contributed by atoms with Crippen LogP contribution < -0.4 is 10.2 Å². The Hall–Kier alpha value is -3.86. The first-order valence-electron chi connectivity index (χ1n) is 9.72. The van der Waals surface area contributed by atoms with Gasteiger partial charge in [0.1, 0.15) is 0 Å². The van der Waals surface area contributed by atoms with Gasteiger partial charge in [-0.15, -0.1) is 0 Å². The van der Waals surface area contributed by atoms with Crippen molar-refractivity contribution in [2.45, 2.75) is 13.3 Å². The van der Waals surface area contributed by atoms with Crippen LogP contribution in [0, 0.1) is 0 Å². The number of benzene rings is 3. The average molecular weight is 400 g/mol. The predicted octanol–water partition coefficient (Wildman–Crippen LogP) is 5.90. The number of carboxylic acid groups (broad SMARTS) is 1. The lowest BCUT2D eigenvalue weighted by molar-refractivity contribution is -0.132. The molecule has 0 saturated heterocycles. The number of anilines is 2. The van der Waals surface area contributed by atoms with Gasteiger partial charge in [0.2, 0.25) is 0 Å². The summed E-state index contributed by atoms with van der Waals surface area (Å²) < 4.78 is 0. The summed E-state index contributed by atoms with van der Waals surface area (Å²) in [6.45, 7) is 1.82. The van der Waals surface area contributed by atoms with E-state index in [0.717, 1.165) is 28.1 Å². The minimum Gasteiger partial charge on any atom is -0.478 e. The number of para-hydroxylation sites is 1. The van der Waals surface area contributed by atoms with Crippen LogP contribution in [0.1, 0.15) is 18.9 Å². The Morgan fingerprint density at radius 2 is 1.63 bits per heavy atom. The molecule has 0 bridgehead atoms. The Labute approximate surface area is 176 Å². The maximum atomic E-state index is 12.6. The van der Waals surface area contributed by atoms with Gasteiger partial charge in [0, 0.05) is 24.0 Å². The highest BCUT2D eigenvalue weighted by atomic mass is 16.4. The van der Waals surface area contributed by atoms with Crippen molar-refractivity contribution in [3.05, 3.63) is 90.0 Å². The summed E-state index contributed by atoms with van der Waals surface area (Å²) in [5.41, 5.74) is 4.67. The molecule has 0 radical (unpaired) electrons. The van der Waals surface area contributed by atoms with Crippen molar-refractivity contribution in [1.29, 1.82) is 0 Å². The van der Waals surface area contributed by atoms with E-state index >= 15 is 0 Å². The molecule has 0 aliphatic heterocycles. The third kappa shape index (κ3) is 5.14. The Balaban J connectivity index is 1.78. The van der Waals surface area contributed by atoms with Crippen molar-refractivity contribution < 1.29 is 14.7 Å². The molecule has 3 aromatic rings. The largest absolute Gasteiger partial charge is 0.478 e. The van der Waals surface area contributed by atoms with E-state index in [-0.39, 0.29) is 6.03 Å². The van der Waals surface area contributed by atoms with E-state index in [1.807, 2.05) is 85.8 Å². The molecule has 5 nitrogen and oxygen atoms in total. The summed E-state index contributed by atoms with van der Waals surface area (Å²) >= 11 is 0. The first-order chi connectivity index (χ1) is 14.5. The lowest BCUT2D eigenvalue weighted by Crippen LogP contribution is -2.31. The molecule has 2 N–H and O–H groups in total. The van der Waals surface area contributed by atoms with Gasteiger partial charge < -0.3 is 10.4 Å². The fourth-order valence-corrected chi connectivity index (χ4v) is 3.03. The molecule has 0 saturated carbocycles. The fourth-order valence-electron chi connectivity index (χ4n) is 3.03. The summed E-state index contributed by atoms with van der Waals surface area (Å²) in [4.78, 5) is 25.3. The molecule has 2 amide bonds. The smallest absolute Gasteiger partial charge is 0.331 e. The van der Waals surface area contributed by atoms with E-state index in [1.54, 1.807) is 18.0 Å². The summed E-state index contributed by atoms with van der Waals surface area (Å²) in [5.74, 6) is -0.897. The molecular weight excluding hydrogens is 376 g/mol. The second kappa shape index (κ2) is 9.56. The van der Waals surface area contributed by atoms with Crippen molar-refractivity contribution >= 4 is 29.5 Å². The zero-order chi connectivity index (χ0) is 21.5. The summed E-state index contributed by atoms with van der Waals surface area (Å²) in [7, 11) is 1.73. The summed E-state index contributed by atoms with van der Waals surface area (Å²) in [6.07, 6.45) is 2.15. The number of amides is 2. The number of nitrogens with zero attached hydrogens (tertiary/aromatic N) is 1. The van der Waals surface area contributed by atoms with Gasteiger partial charge in [0.05, 0.1) is 0 Å². The Kier molecular flexibility index (Phi) is 6.65. The highest BCUT2D eigenvalue weighted by Crippen LogP contribution is 2.25. The molecule has 3 aromatic carbocycles. The van der Waals surface area contributed by atoms with Crippen LogP contribution in [0.5, 0.6) is 0 Å². The van der Waals surface area contributed by atoms with Gasteiger partial charge in [-0.2, -0.15) is 0 Å². The van der Waals surface area contributed by atoms with Gasteiger partial charge in [0.15, 0.2) is 0 Å². The van der Waals surface area contributed by atoms with Gasteiger partial charge in [-0.25, -0.2) is 9.59 Å². The number of carbonyl (C=O) groups is 2. The standard InChI is InChI=1S/C25H24N2O3/c1-3-19(24(28)29)16-18-12-14-20(15-13-18)21-8-7-11-23(17-21)27(2)25(30)26-22-9-5-4-6-10-22/h4-17H,3H2,1-2H3,(H,26,30)(H,28,29)/b19-16-. The van der Waals surface area contributed by atoms with Gasteiger partial charge in [-0.1, -0.05) is 61.5 Å². The maximum absolute atomic E-state index is 12.6. The van der Waals surface area contributed by atoms with Crippen LogP contribution in [0.4, 0.5) is 16.2 Å². The average Bonchev–Trinajstić information content (AvgIpc) is 2.78. The van der Waals surface area contributed by atoms with Crippen molar-refractivity contribution in [3.8, 4) is 11.1 Å². The molecule has 0 heterocycles. The van der Waals surface area contributed by atoms with Crippen molar-refractivity contribution in [2.75, 3.05) is 17.3 Å². The van der Waals surface area contributed by atoms with Gasteiger partial charge in [-0.05, 0) is 53.5 Å². The van der Waals surface area contributed by atoms with E-state index in [4.69, 9.17) is 0 Å². The van der Waals surface area contributed by atoms with Gasteiger partial charge >= 0.3 is 12.0 Å². The lowest BCUT2D eigenvalue weighted by Gasteiger charge is -2.19. The molecule has 30 heavy (non-hydrogen) atoms. The van der Waals surface area contributed by atoms with Crippen molar-refractivity contribution in [2.24, 2.45) is 0 Å². The summed E-state index contributed by atoms with van der Waals surface area (Å²) in [5, 5.41) is 12.1. The zero-order valence-electron chi connectivity index (χ0n) is 17.0. The zero-order valence-corrected chi connectivity index (χ0v) is 17.0. The van der Waals surface area contributed by atoms with Crippen LogP contribution in [0.2, 0.25) is 0 Å². The van der Waals surface area contributed by atoms with Gasteiger partial charge in [0.25, 0.3) is 0 Å². The number of rotatable bonds is 6. The van der Waals surface area contributed by atoms with Crippen molar-refractivity contribution in [3.63, 3.8) is 0 Å². The third-order valence-electron chi connectivity index (χ3n) is 4.80. The number of carboxylic acids is 1. The molecule has 0 aromatic heterocycles. The normalized spacial score (nSPS) is 11.1. The van der Waals surface area contributed by atoms with E-state index in [1.165, 1.54) is 0 Å². The maximum Gasteiger partial charge on any atom is 0.331 e. The number of hydrogen-bond donors (Lipinski definition) is 2. The molecule has 0 fully saturated rings. The predicted molar refractivity (Wildman–Crippen MR) is 122 cm³/mol. The molecule has 3 rings (SSSR count). The lowest BCUT2D eigenvalue weighted by atomic mass is 10.0. The van der Waals surface area contributed by atoms with Crippen LogP contribution in [0.15, 0.2) is 84.4 Å². The molecule has 0 aliphatic carbocycles. The van der Waals surface area contributed by atoms with E-state index in [2.05, 4.69) is 5.32 Å². The molecular formula is C25H24N2O3. The second-order valence-electron chi connectivity index (χ2n) is 6.86. The van der Waals surface area contributed by atoms with E-state index in [9.17, 15) is 14.7 Å². The van der Waals surface area contributed by atoms with Gasteiger partial charge in [-0.3, -0.25) is 4.90 Å². The molecule has 0 spiro atoms. The molecule has 152 valence electrons. The number of nitrogens with one attached hydrogen (secondary N) is 1. The van der Waals surface area contributed by atoms with Crippen LogP contribution in [0.3, 0.4) is 0 Å². The number of hydrogen-bond acceptors (Lipinski definition) is 2. The highest BCUT2D eigenvalue weighted by Gasteiger charge is 2.12. The highest BCUT2D eigenvalue weighted by molar-refractivity contribution is 6.01. The molecule has 0 unspecified atom stereocenters. The fraction of sp³-hybridized carbons (Fsp3) is 0.120. The Bertz CT molecular complexity index is 1060. The second-order valence-corrected chi connectivity index (χ2v) is 6.86. The van der Waals surface area contributed by atoms with E-state index in [0.29, 0.717) is 12.0 Å². The monoisotopic (exact) mass is 400 g/mol. The number of aliphatic carboxylic acids is 1. The van der Waals surface area contributed by atoms with Crippen LogP contribution in [-0.2, 0) is 4.79 Å². The van der Waals surface area contributed by atoms with Crippen LogP contribution in [0.25, 0.3) is 17.2 Å². The Morgan fingerprint density at radius 3 is 2.27 bits per heavy atom. The summed E-state index contributed by atoms with van der Waals surface area (Å²) in [6, 6.07) is 24.5. The van der Waals surface area contributed by atoms with E-state index < -0.39 is 5.97 Å². The minimum absolute atomic E-state index is 0.223. The first kappa shape index (κ1) is 20.9. The van der Waals surface area contributed by atoms with Crippen LogP contribution in [-0.4, -0.2) is 24.2 Å². The quantitative estimate of drug-likeness (QED) is 0.506. The SMILES string of the molecule is CC/C(=C/c1ccc(-c2cccc(N(C)C(=O)Nc3ccccc3)c2)cc1)C(=O)O. The molecule has 0 atom stereocenters. The van der Waals surface area contributed by atoms with Crippen LogP contribution >= 0.6 is 0 Å². The molecule has 5 heteroatoms. The molecule has 0 aliphatic rings. The number of carbonyl (C=O) groups excluding carboxylic acids is 1. The minimum atomic E-state index is -0.897. The topological polar surface area (TPSA) is 69.6 Å². The Morgan fingerprint density at radius 1 is 0.933 bits per heavy atom. The number of urea groups is 1. The van der Waals surface area contributed by atoms with Crippen molar-refractivity contribution in [1.82, 2.24) is 0 Å². The first-order valence-corrected chi connectivity index (χ1v) is 9.72. The third-order valence-corrected chi connectivity index (χ3v) is 4.80.